The molecule has 0 aliphatic carbocycles. The van der Waals surface area contributed by atoms with E-state index in [0.717, 1.165) is 5.56 Å². The first kappa shape index (κ1) is 18.0. The highest BCUT2D eigenvalue weighted by atomic mass is 16.5. The van der Waals surface area contributed by atoms with Crippen LogP contribution in [0.2, 0.25) is 0 Å². The first-order chi connectivity index (χ1) is 12.1. The van der Waals surface area contributed by atoms with E-state index < -0.39 is 6.10 Å². The van der Waals surface area contributed by atoms with Crippen LogP contribution in [0.15, 0.2) is 53.6 Å². The Labute approximate surface area is 146 Å². The van der Waals surface area contributed by atoms with Crippen LogP contribution in [0.4, 0.5) is 0 Å². The van der Waals surface area contributed by atoms with Gasteiger partial charge in [0.05, 0.1) is 24.5 Å². The molecule has 6 nitrogen and oxygen atoms in total. The number of hydrogen-bond acceptors (Lipinski definition) is 5. The Bertz CT molecular complexity index is 779. The maximum absolute atomic E-state index is 12.0. The van der Waals surface area contributed by atoms with E-state index >= 15 is 0 Å². The van der Waals surface area contributed by atoms with Gasteiger partial charge in [0, 0.05) is 5.56 Å². The summed E-state index contributed by atoms with van der Waals surface area (Å²) in [6.07, 6.45) is 0.796. The summed E-state index contributed by atoms with van der Waals surface area (Å²) in [4.78, 5) is 12.0. The van der Waals surface area contributed by atoms with Gasteiger partial charge in [-0.25, -0.2) is 5.43 Å². The average Bonchev–Trinajstić information content (AvgIpc) is 2.64. The molecule has 2 rings (SSSR count). The second-order valence-electron chi connectivity index (χ2n) is 5.10. The zero-order valence-electron chi connectivity index (χ0n) is 14.1. The molecule has 0 aliphatic rings. The number of nitrogens with zero attached hydrogens (tertiary/aromatic N) is 2. The lowest BCUT2D eigenvalue weighted by molar-refractivity contribution is -0.127. The molecule has 6 heteroatoms. The molecule has 1 N–H and O–H groups in total. The van der Waals surface area contributed by atoms with E-state index in [-0.39, 0.29) is 5.91 Å². The summed E-state index contributed by atoms with van der Waals surface area (Å²) in [7, 11) is 0. The number of carbonyl (C=O) groups is 1. The molecule has 2 aromatic rings. The molecule has 0 heterocycles. The number of hydrazone groups is 1. The number of rotatable bonds is 7. The highest BCUT2D eigenvalue weighted by Gasteiger charge is 2.13. The molecule has 0 fully saturated rings. The molecule has 128 valence electrons. The van der Waals surface area contributed by atoms with Crippen molar-refractivity contribution in [2.75, 3.05) is 6.61 Å². The molecule has 2 aromatic carbocycles. The van der Waals surface area contributed by atoms with Crippen LogP contribution in [0, 0.1) is 11.3 Å². The largest absolute Gasteiger partial charge is 0.493 e. The zero-order valence-corrected chi connectivity index (χ0v) is 14.1. The molecule has 1 atom stereocenters. The molecule has 0 radical (unpaired) electrons. The molecule has 1 unspecified atom stereocenters. The SMILES string of the molecule is CCOc1ccccc1/C=N/NC(=O)C(C)Oc1ccc(C#N)cc1. The van der Waals surface area contributed by atoms with Crippen molar-refractivity contribution in [2.45, 2.75) is 20.0 Å². The minimum atomic E-state index is -0.729. The fraction of sp³-hybridized carbons (Fsp3) is 0.211. The van der Waals surface area contributed by atoms with Gasteiger partial charge in [-0.1, -0.05) is 12.1 Å². The van der Waals surface area contributed by atoms with Crippen molar-refractivity contribution in [3.63, 3.8) is 0 Å². The van der Waals surface area contributed by atoms with E-state index in [1.165, 1.54) is 6.21 Å². The van der Waals surface area contributed by atoms with Crippen LogP contribution in [-0.4, -0.2) is 24.8 Å². The van der Waals surface area contributed by atoms with Crippen LogP contribution < -0.4 is 14.9 Å². The van der Waals surface area contributed by atoms with E-state index in [2.05, 4.69) is 10.5 Å². The predicted molar refractivity (Wildman–Crippen MR) is 94.6 cm³/mol. The Kier molecular flexibility index (Phi) is 6.55. The number of benzene rings is 2. The summed E-state index contributed by atoms with van der Waals surface area (Å²) in [6, 6.07) is 16.0. The summed E-state index contributed by atoms with van der Waals surface area (Å²) >= 11 is 0. The maximum Gasteiger partial charge on any atom is 0.280 e. The van der Waals surface area contributed by atoms with E-state index in [1.807, 2.05) is 37.3 Å². The van der Waals surface area contributed by atoms with Crippen molar-refractivity contribution in [1.82, 2.24) is 5.43 Å². The number of hydrogen-bond donors (Lipinski definition) is 1. The van der Waals surface area contributed by atoms with Crippen LogP contribution in [0.3, 0.4) is 0 Å². The molecule has 0 aliphatic heterocycles. The minimum Gasteiger partial charge on any atom is -0.493 e. The van der Waals surface area contributed by atoms with Gasteiger partial charge in [0.2, 0.25) is 0 Å². The first-order valence-corrected chi connectivity index (χ1v) is 7.85. The van der Waals surface area contributed by atoms with E-state index in [1.54, 1.807) is 31.2 Å². The predicted octanol–water partition coefficient (Wildman–Crippen LogP) is 2.87. The lowest BCUT2D eigenvalue weighted by Crippen LogP contribution is -2.33. The standard InChI is InChI=1S/C19H19N3O3/c1-3-24-18-7-5-4-6-16(18)13-21-22-19(23)14(2)25-17-10-8-15(12-20)9-11-17/h4-11,13-14H,3H2,1-2H3,(H,22,23)/b21-13+. The zero-order chi connectivity index (χ0) is 18.1. The van der Waals surface area contributed by atoms with Crippen molar-refractivity contribution < 1.29 is 14.3 Å². The van der Waals surface area contributed by atoms with Gasteiger partial charge in [0.1, 0.15) is 11.5 Å². The van der Waals surface area contributed by atoms with Gasteiger partial charge >= 0.3 is 0 Å². The van der Waals surface area contributed by atoms with Crippen LogP contribution in [0.1, 0.15) is 25.0 Å². The van der Waals surface area contributed by atoms with Gasteiger partial charge in [-0.3, -0.25) is 4.79 Å². The normalized spacial score (nSPS) is 11.6. The van der Waals surface area contributed by atoms with E-state index in [9.17, 15) is 4.79 Å². The Morgan fingerprint density at radius 3 is 2.68 bits per heavy atom. The number of nitriles is 1. The van der Waals surface area contributed by atoms with Crippen molar-refractivity contribution in [1.29, 1.82) is 5.26 Å². The number of nitrogens with one attached hydrogen (secondary N) is 1. The Morgan fingerprint density at radius 2 is 2.00 bits per heavy atom. The molecule has 25 heavy (non-hydrogen) atoms. The highest BCUT2D eigenvalue weighted by molar-refractivity contribution is 5.86. The van der Waals surface area contributed by atoms with Gasteiger partial charge in [-0.15, -0.1) is 0 Å². The summed E-state index contributed by atoms with van der Waals surface area (Å²) in [5, 5.41) is 12.7. The first-order valence-electron chi connectivity index (χ1n) is 7.85. The monoisotopic (exact) mass is 337 g/mol. The molecular formula is C19H19N3O3. The number of ether oxygens (including phenoxy) is 2. The van der Waals surface area contributed by atoms with Gasteiger partial charge < -0.3 is 9.47 Å². The molecule has 0 saturated carbocycles. The minimum absolute atomic E-state index is 0.380. The van der Waals surface area contributed by atoms with E-state index in [0.29, 0.717) is 23.7 Å². The van der Waals surface area contributed by atoms with Gasteiger partial charge in [0.15, 0.2) is 6.10 Å². The van der Waals surface area contributed by atoms with Crippen LogP contribution in [-0.2, 0) is 4.79 Å². The van der Waals surface area contributed by atoms with Gasteiger partial charge in [-0.05, 0) is 50.2 Å². The van der Waals surface area contributed by atoms with Gasteiger partial charge in [-0.2, -0.15) is 10.4 Å². The summed E-state index contributed by atoms with van der Waals surface area (Å²) in [5.41, 5.74) is 3.74. The Balaban J connectivity index is 1.91. The Morgan fingerprint density at radius 1 is 1.28 bits per heavy atom. The van der Waals surface area contributed by atoms with Crippen molar-refractivity contribution in [3.05, 3.63) is 59.7 Å². The summed E-state index contributed by atoms with van der Waals surface area (Å²) in [6.45, 7) is 4.07. The lowest BCUT2D eigenvalue weighted by Gasteiger charge is -2.12. The molecule has 1 amide bonds. The molecule has 0 saturated heterocycles. The molecule has 0 aromatic heterocycles. The second kappa shape index (κ2) is 9.08. The quantitative estimate of drug-likeness (QED) is 0.622. The topological polar surface area (TPSA) is 83.7 Å². The third-order valence-corrected chi connectivity index (χ3v) is 3.26. The number of para-hydroxylation sites is 1. The van der Waals surface area contributed by atoms with Crippen LogP contribution >= 0.6 is 0 Å². The third kappa shape index (κ3) is 5.36. The molecule has 0 bridgehead atoms. The fourth-order valence-electron chi connectivity index (χ4n) is 2.00. The molecular weight excluding hydrogens is 318 g/mol. The van der Waals surface area contributed by atoms with Crippen LogP contribution in [0.25, 0.3) is 0 Å². The van der Waals surface area contributed by atoms with Crippen molar-refractivity contribution >= 4 is 12.1 Å². The molecule has 0 spiro atoms. The highest BCUT2D eigenvalue weighted by Crippen LogP contribution is 2.15. The van der Waals surface area contributed by atoms with E-state index in [4.69, 9.17) is 14.7 Å². The average molecular weight is 337 g/mol. The smallest absolute Gasteiger partial charge is 0.280 e. The maximum atomic E-state index is 12.0. The summed E-state index contributed by atoms with van der Waals surface area (Å²) in [5.74, 6) is 0.826. The number of carbonyl (C=O) groups excluding carboxylic acids is 1. The second-order valence-corrected chi connectivity index (χ2v) is 5.10. The van der Waals surface area contributed by atoms with Crippen molar-refractivity contribution in [2.24, 2.45) is 5.10 Å². The van der Waals surface area contributed by atoms with Crippen molar-refractivity contribution in [3.8, 4) is 17.6 Å². The van der Waals surface area contributed by atoms with Gasteiger partial charge in [0.25, 0.3) is 5.91 Å². The fourth-order valence-corrected chi connectivity index (χ4v) is 2.00. The third-order valence-electron chi connectivity index (χ3n) is 3.26. The van der Waals surface area contributed by atoms with Crippen LogP contribution in [0.5, 0.6) is 11.5 Å². The number of amides is 1. The summed E-state index contributed by atoms with van der Waals surface area (Å²) < 4.78 is 11.0. The Hall–Kier alpha value is -3.33. The lowest BCUT2D eigenvalue weighted by atomic mass is 10.2.